The molecule has 0 bridgehead atoms. The minimum absolute atomic E-state index is 0.112. The highest BCUT2D eigenvalue weighted by molar-refractivity contribution is 5.72. The lowest BCUT2D eigenvalue weighted by molar-refractivity contribution is 0.345. The monoisotopic (exact) mass is 306 g/mol. The molecule has 4 N–H and O–H groups in total. The third-order valence-electron chi connectivity index (χ3n) is 4.30. The molecule has 2 aromatic rings. The second-order valence-electron chi connectivity index (χ2n) is 5.81. The fraction of sp³-hybridized carbons (Fsp3) is 0.643. The van der Waals surface area contributed by atoms with Crippen LogP contribution in [-0.2, 0) is 7.05 Å². The maximum Gasteiger partial charge on any atom is 0.332 e. The highest BCUT2D eigenvalue weighted by Gasteiger charge is 2.23. The topological polar surface area (TPSA) is 111 Å². The van der Waals surface area contributed by atoms with Gasteiger partial charge in [-0.2, -0.15) is 4.98 Å². The van der Waals surface area contributed by atoms with Crippen molar-refractivity contribution in [1.82, 2.24) is 19.1 Å². The summed E-state index contributed by atoms with van der Waals surface area (Å²) in [4.78, 5) is 32.2. The lowest BCUT2D eigenvalue weighted by Gasteiger charge is -2.24. The molecule has 8 nitrogen and oxygen atoms in total. The quantitative estimate of drug-likeness (QED) is 0.752. The van der Waals surface area contributed by atoms with Gasteiger partial charge < -0.3 is 16.0 Å². The molecule has 0 aromatic carbocycles. The number of hydrogen-bond acceptors (Lipinski definition) is 5. The first-order valence-corrected chi connectivity index (χ1v) is 7.78. The Kier molecular flexibility index (Phi) is 4.02. The average molecular weight is 306 g/mol. The fourth-order valence-corrected chi connectivity index (χ4v) is 3.14. The maximum atomic E-state index is 12.6. The van der Waals surface area contributed by atoms with Gasteiger partial charge in [-0.25, -0.2) is 4.79 Å². The lowest BCUT2D eigenvalue weighted by Crippen LogP contribution is -2.40. The largest absolute Gasteiger partial charge is 0.354 e. The number of hydrogen-bond donors (Lipinski definition) is 3. The van der Waals surface area contributed by atoms with E-state index >= 15 is 0 Å². The van der Waals surface area contributed by atoms with Crippen molar-refractivity contribution in [1.29, 1.82) is 0 Å². The Labute approximate surface area is 127 Å². The molecule has 0 atom stereocenters. The van der Waals surface area contributed by atoms with Crippen molar-refractivity contribution < 1.29 is 0 Å². The second kappa shape index (κ2) is 5.96. The van der Waals surface area contributed by atoms with E-state index in [-0.39, 0.29) is 17.3 Å². The Hall–Kier alpha value is -2.09. The molecule has 0 unspecified atom stereocenters. The summed E-state index contributed by atoms with van der Waals surface area (Å²) in [5.41, 5.74) is 5.64. The molecule has 3 rings (SSSR count). The third kappa shape index (κ3) is 2.43. The Balaban J connectivity index is 2.18. The summed E-state index contributed by atoms with van der Waals surface area (Å²) in [6.07, 6.45) is 5.30. The summed E-state index contributed by atoms with van der Waals surface area (Å²) in [7, 11) is 1.51. The van der Waals surface area contributed by atoms with E-state index in [1.54, 1.807) is 4.57 Å². The van der Waals surface area contributed by atoms with Crippen LogP contribution in [0.25, 0.3) is 11.2 Å². The first kappa shape index (κ1) is 14.8. The first-order valence-electron chi connectivity index (χ1n) is 7.78. The van der Waals surface area contributed by atoms with Crippen molar-refractivity contribution in [2.75, 3.05) is 18.4 Å². The van der Waals surface area contributed by atoms with Crippen molar-refractivity contribution in [2.45, 2.75) is 38.1 Å². The van der Waals surface area contributed by atoms with Crippen molar-refractivity contribution in [3.63, 3.8) is 0 Å². The number of imidazole rings is 1. The molecule has 0 amide bonds. The number of aromatic amines is 1. The number of nitrogens with two attached hydrogens (primary N) is 1. The van der Waals surface area contributed by atoms with Crippen LogP contribution in [0.5, 0.6) is 0 Å². The molecule has 1 aliphatic carbocycles. The Morgan fingerprint density at radius 2 is 2.05 bits per heavy atom. The number of fused-ring (bicyclic) bond motifs is 1. The van der Waals surface area contributed by atoms with Gasteiger partial charge in [-0.3, -0.25) is 13.9 Å². The van der Waals surface area contributed by atoms with Crippen LogP contribution in [0.4, 0.5) is 5.95 Å². The predicted molar refractivity (Wildman–Crippen MR) is 85.3 cm³/mol. The van der Waals surface area contributed by atoms with Gasteiger partial charge in [0.15, 0.2) is 11.2 Å². The van der Waals surface area contributed by atoms with Gasteiger partial charge in [0.05, 0.1) is 0 Å². The van der Waals surface area contributed by atoms with Gasteiger partial charge in [0.1, 0.15) is 0 Å². The summed E-state index contributed by atoms with van der Waals surface area (Å²) < 4.78 is 2.84. The van der Waals surface area contributed by atoms with E-state index in [9.17, 15) is 9.59 Å². The highest BCUT2D eigenvalue weighted by Crippen LogP contribution is 2.28. The Bertz CT molecular complexity index is 781. The molecule has 1 saturated carbocycles. The zero-order chi connectivity index (χ0) is 15.7. The summed E-state index contributed by atoms with van der Waals surface area (Å²) in [6, 6.07) is 0.112. The summed E-state index contributed by atoms with van der Waals surface area (Å²) >= 11 is 0. The minimum atomic E-state index is -0.347. The molecule has 0 spiro atoms. The van der Waals surface area contributed by atoms with Crippen molar-refractivity contribution >= 4 is 17.1 Å². The summed E-state index contributed by atoms with van der Waals surface area (Å²) in [6.45, 7) is 1.01. The Morgan fingerprint density at radius 3 is 2.73 bits per heavy atom. The van der Waals surface area contributed by atoms with E-state index in [0.29, 0.717) is 30.2 Å². The SMILES string of the molecule is Cn1c(=O)c2[nH]c(NCCN)nc2n(C2CCCCC2)c1=O. The Morgan fingerprint density at radius 1 is 1.32 bits per heavy atom. The van der Waals surface area contributed by atoms with E-state index in [0.717, 1.165) is 30.3 Å². The van der Waals surface area contributed by atoms with Crippen LogP contribution >= 0.6 is 0 Å². The van der Waals surface area contributed by atoms with Gasteiger partial charge in [0, 0.05) is 26.2 Å². The van der Waals surface area contributed by atoms with Crippen LogP contribution in [0.1, 0.15) is 38.1 Å². The smallest absolute Gasteiger partial charge is 0.332 e. The number of anilines is 1. The molecule has 0 aliphatic heterocycles. The minimum Gasteiger partial charge on any atom is -0.354 e. The molecule has 120 valence electrons. The maximum absolute atomic E-state index is 12.6. The molecule has 0 saturated heterocycles. The molecule has 2 heterocycles. The second-order valence-corrected chi connectivity index (χ2v) is 5.81. The average Bonchev–Trinajstić information content (AvgIpc) is 2.96. The van der Waals surface area contributed by atoms with Crippen LogP contribution in [0.15, 0.2) is 9.59 Å². The standard InChI is InChI=1S/C14H22N6O2/c1-19-12(21)10-11(18-13(17-10)16-8-7-15)20(14(19)22)9-5-3-2-4-6-9/h9H,2-8,15H2,1H3,(H2,16,17,18). The van der Waals surface area contributed by atoms with E-state index in [4.69, 9.17) is 5.73 Å². The van der Waals surface area contributed by atoms with Gasteiger partial charge in [-0.05, 0) is 12.8 Å². The van der Waals surface area contributed by atoms with Gasteiger partial charge in [-0.1, -0.05) is 19.3 Å². The van der Waals surface area contributed by atoms with Gasteiger partial charge in [0.2, 0.25) is 5.95 Å². The lowest BCUT2D eigenvalue weighted by atomic mass is 9.95. The highest BCUT2D eigenvalue weighted by atomic mass is 16.2. The molecule has 0 radical (unpaired) electrons. The zero-order valence-corrected chi connectivity index (χ0v) is 12.8. The zero-order valence-electron chi connectivity index (χ0n) is 12.8. The molecule has 1 aliphatic rings. The van der Waals surface area contributed by atoms with Crippen molar-refractivity contribution in [2.24, 2.45) is 12.8 Å². The van der Waals surface area contributed by atoms with E-state index in [1.165, 1.54) is 13.5 Å². The molecule has 1 fully saturated rings. The molecular weight excluding hydrogens is 284 g/mol. The van der Waals surface area contributed by atoms with E-state index in [1.807, 2.05) is 0 Å². The van der Waals surface area contributed by atoms with E-state index in [2.05, 4.69) is 15.3 Å². The number of nitrogens with zero attached hydrogens (tertiary/aromatic N) is 3. The van der Waals surface area contributed by atoms with Crippen LogP contribution in [0.2, 0.25) is 0 Å². The molecule has 2 aromatic heterocycles. The van der Waals surface area contributed by atoms with Crippen molar-refractivity contribution in [3.05, 3.63) is 20.8 Å². The van der Waals surface area contributed by atoms with Gasteiger partial charge in [0.25, 0.3) is 5.56 Å². The van der Waals surface area contributed by atoms with Crippen LogP contribution in [0, 0.1) is 0 Å². The molecule has 8 heteroatoms. The van der Waals surface area contributed by atoms with Crippen LogP contribution in [-0.4, -0.2) is 32.2 Å². The first-order chi connectivity index (χ1) is 10.6. The number of nitrogens with one attached hydrogen (secondary N) is 2. The third-order valence-corrected chi connectivity index (χ3v) is 4.30. The van der Waals surface area contributed by atoms with Crippen LogP contribution < -0.4 is 22.3 Å². The predicted octanol–water partition coefficient (Wildman–Crippen LogP) is 0.299. The summed E-state index contributed by atoms with van der Waals surface area (Å²) in [5.74, 6) is 0.479. The number of rotatable bonds is 4. The normalized spacial score (nSPS) is 16.3. The van der Waals surface area contributed by atoms with Crippen LogP contribution in [0.3, 0.4) is 0 Å². The number of H-pyrrole nitrogens is 1. The van der Waals surface area contributed by atoms with E-state index < -0.39 is 0 Å². The fourth-order valence-electron chi connectivity index (χ4n) is 3.14. The van der Waals surface area contributed by atoms with Crippen molar-refractivity contribution in [3.8, 4) is 0 Å². The summed E-state index contributed by atoms with van der Waals surface area (Å²) in [5, 5.41) is 3.02. The number of aromatic nitrogens is 4. The van der Waals surface area contributed by atoms with Gasteiger partial charge >= 0.3 is 5.69 Å². The molecular formula is C14H22N6O2. The van der Waals surface area contributed by atoms with Gasteiger partial charge in [-0.15, -0.1) is 0 Å². The molecule has 22 heavy (non-hydrogen) atoms.